The smallest absolute Gasteiger partial charge is 0.336 e. The van der Waals surface area contributed by atoms with Gasteiger partial charge in [0.05, 0.1) is 0 Å². The third-order valence-electron chi connectivity index (χ3n) is 3.37. The van der Waals surface area contributed by atoms with Crippen LogP contribution in [-0.4, -0.2) is 14.6 Å². The molecule has 0 saturated heterocycles. The molecule has 0 aliphatic heterocycles. The highest BCUT2D eigenvalue weighted by molar-refractivity contribution is 7.16. The van der Waals surface area contributed by atoms with Gasteiger partial charge in [0.15, 0.2) is 5.01 Å². The first-order valence-electron chi connectivity index (χ1n) is 7.12. The summed E-state index contributed by atoms with van der Waals surface area (Å²) in [5.74, 6) is 0.549. The number of benzene rings is 1. The van der Waals surface area contributed by atoms with Crippen LogP contribution >= 0.6 is 11.3 Å². The van der Waals surface area contributed by atoms with Gasteiger partial charge in [-0.25, -0.2) is 9.78 Å². The molecule has 3 aromatic heterocycles. The SMILES string of the molecule is Cc1cc(=O)n2nc(COc3ccc4ccc(=O)oc4c3)sc2n1. The van der Waals surface area contributed by atoms with Gasteiger partial charge in [-0.3, -0.25) is 4.79 Å². The number of aromatic nitrogens is 3. The largest absolute Gasteiger partial charge is 0.486 e. The zero-order chi connectivity index (χ0) is 16.7. The molecule has 120 valence electrons. The van der Waals surface area contributed by atoms with Crippen molar-refractivity contribution >= 4 is 27.3 Å². The molecule has 0 spiro atoms. The summed E-state index contributed by atoms with van der Waals surface area (Å²) in [6.45, 7) is 1.95. The zero-order valence-corrected chi connectivity index (χ0v) is 13.4. The molecule has 0 unspecified atom stereocenters. The van der Waals surface area contributed by atoms with Crippen LogP contribution < -0.4 is 15.9 Å². The van der Waals surface area contributed by atoms with Gasteiger partial charge in [0, 0.05) is 29.3 Å². The van der Waals surface area contributed by atoms with Crippen LogP contribution in [-0.2, 0) is 6.61 Å². The summed E-state index contributed by atoms with van der Waals surface area (Å²) in [7, 11) is 0. The predicted octanol–water partition coefficient (Wildman–Crippen LogP) is 2.14. The Labute approximate surface area is 138 Å². The van der Waals surface area contributed by atoms with Crippen molar-refractivity contribution in [3.05, 3.63) is 67.9 Å². The van der Waals surface area contributed by atoms with E-state index in [2.05, 4.69) is 10.1 Å². The van der Waals surface area contributed by atoms with Crippen LogP contribution in [0.1, 0.15) is 10.7 Å². The lowest BCUT2D eigenvalue weighted by Crippen LogP contribution is -2.14. The molecule has 7 nitrogen and oxygen atoms in total. The van der Waals surface area contributed by atoms with Crippen LogP contribution in [0.2, 0.25) is 0 Å². The van der Waals surface area contributed by atoms with Crippen LogP contribution in [0, 0.1) is 6.92 Å². The molecule has 0 amide bonds. The first-order valence-corrected chi connectivity index (χ1v) is 7.93. The van der Waals surface area contributed by atoms with Gasteiger partial charge in [0.2, 0.25) is 4.96 Å². The second-order valence-electron chi connectivity index (χ2n) is 5.17. The summed E-state index contributed by atoms with van der Waals surface area (Å²) in [5, 5.41) is 5.64. The molecule has 1 aromatic carbocycles. The van der Waals surface area contributed by atoms with Crippen LogP contribution in [0.5, 0.6) is 5.75 Å². The number of hydrogen-bond acceptors (Lipinski definition) is 7. The van der Waals surface area contributed by atoms with Crippen molar-refractivity contribution < 1.29 is 9.15 Å². The molecular formula is C16H11N3O4S. The Morgan fingerprint density at radius 2 is 2.04 bits per heavy atom. The minimum absolute atomic E-state index is 0.190. The van der Waals surface area contributed by atoms with Crippen molar-refractivity contribution in [2.24, 2.45) is 0 Å². The quantitative estimate of drug-likeness (QED) is 0.531. The fourth-order valence-corrected chi connectivity index (χ4v) is 3.15. The molecule has 4 rings (SSSR count). The molecule has 0 radical (unpaired) electrons. The van der Waals surface area contributed by atoms with Gasteiger partial charge in [-0.05, 0) is 25.1 Å². The van der Waals surface area contributed by atoms with Crippen molar-refractivity contribution in [3.8, 4) is 5.75 Å². The standard InChI is InChI=1S/C16H11N3O4S/c1-9-6-14(20)19-16(17-9)24-13(18-19)8-22-11-4-2-10-3-5-15(21)23-12(10)7-11/h2-7H,8H2,1H3. The summed E-state index contributed by atoms with van der Waals surface area (Å²) in [5.41, 5.74) is 0.484. The monoisotopic (exact) mass is 341 g/mol. The van der Waals surface area contributed by atoms with Gasteiger partial charge in [0.25, 0.3) is 5.56 Å². The van der Waals surface area contributed by atoms with Gasteiger partial charge in [-0.15, -0.1) is 0 Å². The molecule has 4 aromatic rings. The van der Waals surface area contributed by atoms with E-state index in [-0.39, 0.29) is 12.2 Å². The Bertz CT molecular complexity index is 1180. The topological polar surface area (TPSA) is 86.7 Å². The Hall–Kier alpha value is -3.00. The van der Waals surface area contributed by atoms with Crippen molar-refractivity contribution in [2.75, 3.05) is 0 Å². The average molecular weight is 341 g/mol. The summed E-state index contributed by atoms with van der Waals surface area (Å²) < 4.78 is 12.1. The molecule has 0 bridgehead atoms. The first kappa shape index (κ1) is 14.6. The molecular weight excluding hydrogens is 330 g/mol. The van der Waals surface area contributed by atoms with E-state index >= 15 is 0 Å². The minimum atomic E-state index is -0.411. The zero-order valence-electron chi connectivity index (χ0n) is 12.6. The predicted molar refractivity (Wildman–Crippen MR) is 88.7 cm³/mol. The van der Waals surface area contributed by atoms with E-state index in [1.54, 1.807) is 31.2 Å². The number of hydrogen-bond donors (Lipinski definition) is 0. The normalized spacial score (nSPS) is 11.2. The second kappa shape index (κ2) is 5.57. The molecule has 0 saturated carbocycles. The van der Waals surface area contributed by atoms with Gasteiger partial charge in [-0.1, -0.05) is 11.3 Å². The van der Waals surface area contributed by atoms with E-state index in [9.17, 15) is 9.59 Å². The fourth-order valence-electron chi connectivity index (χ4n) is 2.29. The van der Waals surface area contributed by atoms with Crippen LogP contribution in [0.15, 0.2) is 50.4 Å². The van der Waals surface area contributed by atoms with E-state index < -0.39 is 5.63 Å². The third-order valence-corrected chi connectivity index (χ3v) is 4.25. The highest BCUT2D eigenvalue weighted by Gasteiger charge is 2.09. The lowest BCUT2D eigenvalue weighted by Gasteiger charge is -2.04. The second-order valence-corrected chi connectivity index (χ2v) is 6.21. The van der Waals surface area contributed by atoms with Gasteiger partial charge < -0.3 is 9.15 Å². The van der Waals surface area contributed by atoms with E-state index in [1.807, 2.05) is 0 Å². The molecule has 0 fully saturated rings. The van der Waals surface area contributed by atoms with Crippen LogP contribution in [0.4, 0.5) is 0 Å². The van der Waals surface area contributed by atoms with Gasteiger partial charge in [0.1, 0.15) is 17.9 Å². The van der Waals surface area contributed by atoms with Crippen LogP contribution in [0.25, 0.3) is 15.9 Å². The molecule has 0 N–H and O–H groups in total. The number of aryl methyl sites for hydroxylation is 1. The number of nitrogens with zero attached hydrogens (tertiary/aromatic N) is 3. The number of fused-ring (bicyclic) bond motifs is 2. The Morgan fingerprint density at radius 1 is 1.21 bits per heavy atom. The lowest BCUT2D eigenvalue weighted by molar-refractivity contribution is 0.304. The Balaban J connectivity index is 1.61. The highest BCUT2D eigenvalue weighted by atomic mass is 32.1. The maximum atomic E-state index is 11.8. The number of rotatable bonds is 3. The number of ether oxygens (including phenoxy) is 1. The Kier molecular flexibility index (Phi) is 3.39. The van der Waals surface area contributed by atoms with Crippen molar-refractivity contribution in [1.82, 2.24) is 14.6 Å². The molecule has 24 heavy (non-hydrogen) atoms. The maximum absolute atomic E-state index is 11.8. The molecule has 0 aliphatic carbocycles. The maximum Gasteiger partial charge on any atom is 0.336 e. The van der Waals surface area contributed by atoms with Crippen molar-refractivity contribution in [2.45, 2.75) is 13.5 Å². The van der Waals surface area contributed by atoms with Gasteiger partial charge >= 0.3 is 5.63 Å². The molecule has 0 aliphatic rings. The van der Waals surface area contributed by atoms with Crippen molar-refractivity contribution in [1.29, 1.82) is 0 Å². The average Bonchev–Trinajstić information content (AvgIpc) is 2.95. The Morgan fingerprint density at radius 3 is 2.92 bits per heavy atom. The summed E-state index contributed by atoms with van der Waals surface area (Å²) in [6.07, 6.45) is 0. The lowest BCUT2D eigenvalue weighted by atomic mass is 10.2. The summed E-state index contributed by atoms with van der Waals surface area (Å²) >= 11 is 1.29. The van der Waals surface area contributed by atoms with E-state index in [0.717, 1.165) is 5.39 Å². The van der Waals surface area contributed by atoms with E-state index in [1.165, 1.54) is 28.0 Å². The van der Waals surface area contributed by atoms with Crippen molar-refractivity contribution in [3.63, 3.8) is 0 Å². The highest BCUT2D eigenvalue weighted by Crippen LogP contribution is 2.21. The molecule has 0 atom stereocenters. The summed E-state index contributed by atoms with van der Waals surface area (Å²) in [4.78, 5) is 27.9. The summed E-state index contributed by atoms with van der Waals surface area (Å²) in [6, 6.07) is 9.74. The van der Waals surface area contributed by atoms with E-state index in [4.69, 9.17) is 9.15 Å². The van der Waals surface area contributed by atoms with E-state index in [0.29, 0.717) is 27.0 Å². The molecule has 8 heteroatoms. The van der Waals surface area contributed by atoms with Crippen LogP contribution in [0.3, 0.4) is 0 Å². The minimum Gasteiger partial charge on any atom is -0.486 e. The fraction of sp³-hybridized carbons (Fsp3) is 0.125. The third kappa shape index (κ3) is 2.67. The first-order chi connectivity index (χ1) is 11.6. The molecule has 3 heterocycles. The van der Waals surface area contributed by atoms with Gasteiger partial charge in [-0.2, -0.15) is 9.61 Å².